The summed E-state index contributed by atoms with van der Waals surface area (Å²) in [5.41, 5.74) is 3.49. The highest BCUT2D eigenvalue weighted by molar-refractivity contribution is 5.80. The summed E-state index contributed by atoms with van der Waals surface area (Å²) in [5, 5.41) is 8.21. The van der Waals surface area contributed by atoms with Crippen LogP contribution in [0.5, 0.6) is 0 Å². The molecule has 3 heterocycles. The fourth-order valence-electron chi connectivity index (χ4n) is 3.95. The Balaban J connectivity index is 1.24. The van der Waals surface area contributed by atoms with Crippen molar-refractivity contribution in [3.8, 4) is 5.69 Å². The lowest BCUT2D eigenvalue weighted by molar-refractivity contribution is 0.371. The quantitative estimate of drug-likeness (QED) is 0.380. The molecule has 31 heavy (non-hydrogen) atoms. The molecule has 0 amide bonds. The Bertz CT molecular complexity index is 974. The van der Waals surface area contributed by atoms with Crippen LogP contribution in [0.1, 0.15) is 17.7 Å². The highest BCUT2D eigenvalue weighted by Gasteiger charge is 2.20. The van der Waals surface area contributed by atoms with Gasteiger partial charge in [-0.2, -0.15) is 5.10 Å². The molecule has 7 nitrogen and oxygen atoms in total. The molecule has 1 aromatic carbocycles. The average molecular weight is 418 g/mol. The largest absolute Gasteiger partial charge is 0.356 e. The molecule has 1 aliphatic rings. The summed E-state index contributed by atoms with van der Waals surface area (Å²) in [6.07, 6.45) is 6.04. The molecule has 7 heteroatoms. The first-order valence-electron chi connectivity index (χ1n) is 11.0. The fourth-order valence-corrected chi connectivity index (χ4v) is 3.95. The Morgan fingerprint density at radius 3 is 2.52 bits per heavy atom. The van der Waals surface area contributed by atoms with Crippen LogP contribution < -0.4 is 10.2 Å². The van der Waals surface area contributed by atoms with Gasteiger partial charge in [0, 0.05) is 52.2 Å². The van der Waals surface area contributed by atoms with E-state index in [1.165, 1.54) is 5.56 Å². The molecule has 0 aliphatic carbocycles. The van der Waals surface area contributed by atoms with E-state index in [9.17, 15) is 0 Å². The van der Waals surface area contributed by atoms with Crippen molar-refractivity contribution in [3.05, 3.63) is 72.2 Å². The molecular formula is C24H31N7. The number of nitrogens with zero attached hydrogens (tertiary/aromatic N) is 6. The van der Waals surface area contributed by atoms with Crippen molar-refractivity contribution in [1.82, 2.24) is 25.0 Å². The number of nitrogens with one attached hydrogen (secondary N) is 1. The van der Waals surface area contributed by atoms with Gasteiger partial charge >= 0.3 is 0 Å². The molecule has 1 fully saturated rings. The minimum Gasteiger partial charge on any atom is -0.356 e. The van der Waals surface area contributed by atoms with Gasteiger partial charge in [-0.1, -0.05) is 24.3 Å². The van der Waals surface area contributed by atoms with Crippen molar-refractivity contribution in [2.75, 3.05) is 44.7 Å². The number of piperazine rings is 1. The smallest absolute Gasteiger partial charge is 0.193 e. The number of rotatable bonds is 6. The van der Waals surface area contributed by atoms with Gasteiger partial charge in [0.1, 0.15) is 5.82 Å². The zero-order valence-electron chi connectivity index (χ0n) is 18.4. The summed E-state index contributed by atoms with van der Waals surface area (Å²) < 4.78 is 1.97. The monoisotopic (exact) mass is 417 g/mol. The predicted molar refractivity (Wildman–Crippen MR) is 126 cm³/mol. The average Bonchev–Trinajstić information content (AvgIpc) is 3.21. The van der Waals surface area contributed by atoms with Crippen LogP contribution in [0.25, 0.3) is 5.69 Å². The number of hydrogen-bond donors (Lipinski definition) is 1. The van der Waals surface area contributed by atoms with E-state index in [0.717, 1.165) is 68.7 Å². The fraction of sp³-hybridized carbons (Fsp3) is 0.375. The van der Waals surface area contributed by atoms with Crippen molar-refractivity contribution in [2.24, 2.45) is 4.99 Å². The molecule has 0 spiro atoms. The van der Waals surface area contributed by atoms with Gasteiger partial charge in [-0.15, -0.1) is 0 Å². The van der Waals surface area contributed by atoms with Crippen LogP contribution in [0.4, 0.5) is 5.82 Å². The normalized spacial score (nSPS) is 14.7. The van der Waals surface area contributed by atoms with Crippen LogP contribution in [0.3, 0.4) is 0 Å². The van der Waals surface area contributed by atoms with Gasteiger partial charge in [0.05, 0.1) is 11.4 Å². The maximum atomic E-state index is 4.67. The van der Waals surface area contributed by atoms with Crippen molar-refractivity contribution >= 4 is 11.8 Å². The first-order chi connectivity index (χ1) is 15.2. The Hall–Kier alpha value is -3.35. The number of pyridine rings is 1. The molecule has 162 valence electrons. The van der Waals surface area contributed by atoms with Crippen molar-refractivity contribution < 1.29 is 0 Å². The van der Waals surface area contributed by atoms with Crippen LogP contribution in [-0.4, -0.2) is 65.4 Å². The van der Waals surface area contributed by atoms with Crippen molar-refractivity contribution in [3.63, 3.8) is 0 Å². The summed E-state index contributed by atoms with van der Waals surface area (Å²) in [6.45, 7) is 6.77. The summed E-state index contributed by atoms with van der Waals surface area (Å²) in [6, 6.07) is 16.3. The molecule has 0 atom stereocenters. The maximum Gasteiger partial charge on any atom is 0.193 e. The van der Waals surface area contributed by atoms with Gasteiger partial charge in [0.25, 0.3) is 0 Å². The topological polar surface area (TPSA) is 61.6 Å². The summed E-state index contributed by atoms with van der Waals surface area (Å²) in [5.74, 6) is 2.04. The molecule has 1 saturated heterocycles. The second-order valence-electron chi connectivity index (χ2n) is 7.76. The first kappa shape index (κ1) is 20.9. The molecular weight excluding hydrogens is 386 g/mol. The van der Waals surface area contributed by atoms with Gasteiger partial charge in [0.15, 0.2) is 5.96 Å². The van der Waals surface area contributed by atoms with Crippen LogP contribution in [0.2, 0.25) is 0 Å². The number of hydrogen-bond acceptors (Lipinski definition) is 4. The molecule has 0 unspecified atom stereocenters. The van der Waals surface area contributed by atoms with E-state index in [-0.39, 0.29) is 0 Å². The highest BCUT2D eigenvalue weighted by Crippen LogP contribution is 2.14. The lowest BCUT2D eigenvalue weighted by Gasteiger charge is -2.37. The molecule has 1 N–H and O–H groups in total. The van der Waals surface area contributed by atoms with Crippen molar-refractivity contribution in [2.45, 2.75) is 19.8 Å². The molecule has 1 aliphatic heterocycles. The maximum absolute atomic E-state index is 4.67. The predicted octanol–water partition coefficient (Wildman–Crippen LogP) is 2.91. The highest BCUT2D eigenvalue weighted by atomic mass is 15.4. The molecule has 0 bridgehead atoms. The lowest BCUT2D eigenvalue weighted by Crippen LogP contribution is -2.52. The molecule has 3 aromatic rings. The second-order valence-corrected chi connectivity index (χ2v) is 7.76. The Morgan fingerprint density at radius 1 is 1.03 bits per heavy atom. The second kappa shape index (κ2) is 10.1. The van der Waals surface area contributed by atoms with E-state index in [4.69, 9.17) is 0 Å². The minimum absolute atomic E-state index is 0.892. The first-order valence-corrected chi connectivity index (χ1v) is 11.0. The van der Waals surface area contributed by atoms with E-state index in [1.807, 2.05) is 48.3 Å². The number of anilines is 1. The number of aliphatic imine (C=N–C) groups is 1. The van der Waals surface area contributed by atoms with Gasteiger partial charge in [0.2, 0.25) is 0 Å². The number of para-hydroxylation sites is 1. The van der Waals surface area contributed by atoms with Crippen LogP contribution in [-0.2, 0) is 6.42 Å². The third kappa shape index (κ3) is 5.23. The molecule has 4 rings (SSSR count). The van der Waals surface area contributed by atoms with Gasteiger partial charge in [-0.3, -0.25) is 4.99 Å². The number of benzene rings is 1. The van der Waals surface area contributed by atoms with Crippen LogP contribution in [0.15, 0.2) is 65.9 Å². The summed E-state index contributed by atoms with van der Waals surface area (Å²) >= 11 is 0. The van der Waals surface area contributed by atoms with E-state index < -0.39 is 0 Å². The third-order valence-corrected chi connectivity index (χ3v) is 5.69. The Kier molecular flexibility index (Phi) is 6.82. The number of guanidine groups is 1. The van der Waals surface area contributed by atoms with E-state index >= 15 is 0 Å². The van der Waals surface area contributed by atoms with Gasteiger partial charge in [-0.05, 0) is 49.6 Å². The van der Waals surface area contributed by atoms with Gasteiger partial charge < -0.3 is 15.1 Å². The molecule has 2 aromatic heterocycles. The van der Waals surface area contributed by atoms with Crippen molar-refractivity contribution in [1.29, 1.82) is 0 Å². The lowest BCUT2D eigenvalue weighted by atomic mass is 10.1. The standard InChI is InChI=1S/C24H31N7/c1-20-21(19-31(28-20)22-10-4-3-5-11-22)9-8-14-27-24(25-2)30-17-15-29(16-18-30)23-12-6-7-13-26-23/h3-7,10-13,19H,8-9,14-18H2,1-2H3,(H,25,27). The van der Waals surface area contributed by atoms with Crippen LogP contribution >= 0.6 is 0 Å². The summed E-state index contributed by atoms with van der Waals surface area (Å²) in [7, 11) is 1.86. The van der Waals surface area contributed by atoms with E-state index in [0.29, 0.717) is 0 Å². The number of aryl methyl sites for hydroxylation is 2. The summed E-state index contributed by atoms with van der Waals surface area (Å²) in [4.78, 5) is 13.6. The molecule has 0 radical (unpaired) electrons. The van der Waals surface area contributed by atoms with Gasteiger partial charge in [-0.25, -0.2) is 9.67 Å². The zero-order valence-corrected chi connectivity index (χ0v) is 18.4. The minimum atomic E-state index is 0.892. The van der Waals surface area contributed by atoms with Crippen LogP contribution in [0, 0.1) is 6.92 Å². The van der Waals surface area contributed by atoms with E-state index in [1.54, 1.807) is 0 Å². The number of aromatic nitrogens is 3. The SMILES string of the molecule is CN=C(NCCCc1cn(-c2ccccc2)nc1C)N1CCN(c2ccccn2)CC1. The Morgan fingerprint density at radius 2 is 1.81 bits per heavy atom. The molecule has 0 saturated carbocycles. The zero-order chi connectivity index (χ0) is 21.5. The third-order valence-electron chi connectivity index (χ3n) is 5.69. The Labute approximate surface area is 184 Å². The van der Waals surface area contributed by atoms with E-state index in [2.05, 4.69) is 61.5 Å².